The van der Waals surface area contributed by atoms with Gasteiger partial charge in [0, 0.05) is 18.7 Å². The van der Waals surface area contributed by atoms with Gasteiger partial charge in [-0.1, -0.05) is 29.4 Å². The Hall–Kier alpha value is -1.81. The zero-order chi connectivity index (χ0) is 14.2. The Balaban J connectivity index is 1.58. The number of nitrogens with zero attached hydrogens (tertiary/aromatic N) is 2. The summed E-state index contributed by atoms with van der Waals surface area (Å²) in [7, 11) is 2.16. The van der Waals surface area contributed by atoms with Gasteiger partial charge in [-0.3, -0.25) is 0 Å². The van der Waals surface area contributed by atoms with Crippen molar-refractivity contribution in [2.24, 2.45) is 0 Å². The smallest absolute Gasteiger partial charge is 0.315 e. The number of aromatic nitrogens is 1. The molecule has 1 aromatic carbocycles. The van der Waals surface area contributed by atoms with Gasteiger partial charge in [0.05, 0.1) is 5.56 Å². The number of ether oxygens (including phenoxy) is 1. The lowest BCUT2D eigenvalue weighted by molar-refractivity contribution is 0.0819. The quantitative estimate of drug-likeness (QED) is 0.850. The first-order valence-electron chi connectivity index (χ1n) is 7.73. The second kappa shape index (κ2) is 5.19. The van der Waals surface area contributed by atoms with Gasteiger partial charge in [0.1, 0.15) is 11.8 Å². The second-order valence-corrected chi connectivity index (χ2v) is 6.07. The molecule has 110 valence electrons. The molecule has 0 spiro atoms. The number of aryl methyl sites for hydroxylation is 1. The van der Waals surface area contributed by atoms with Crippen LogP contribution in [0.5, 0.6) is 5.95 Å². The standard InChI is InChI=1S/C17H20N2O2/c1-19-10-8-13(9-11-19)20-17-15-7-6-12-4-2-3-5-14(12)16(15)18-21-17/h2-5,13H,6-11H2,1H3. The van der Waals surface area contributed by atoms with Crippen LogP contribution >= 0.6 is 0 Å². The molecule has 1 aliphatic carbocycles. The first-order chi connectivity index (χ1) is 10.3. The number of fused-ring (bicyclic) bond motifs is 3. The monoisotopic (exact) mass is 284 g/mol. The van der Waals surface area contributed by atoms with Crippen molar-refractivity contribution in [3.8, 4) is 17.2 Å². The Labute approximate surface area is 124 Å². The predicted octanol–water partition coefficient (Wildman–Crippen LogP) is 2.91. The molecule has 2 aromatic rings. The number of benzene rings is 1. The molecular formula is C17H20N2O2. The molecule has 1 aliphatic heterocycles. The van der Waals surface area contributed by atoms with Gasteiger partial charge in [-0.2, -0.15) is 0 Å². The molecule has 1 aromatic heterocycles. The molecule has 1 saturated heterocycles. The van der Waals surface area contributed by atoms with Crippen LogP contribution in [0.15, 0.2) is 28.8 Å². The van der Waals surface area contributed by atoms with E-state index in [-0.39, 0.29) is 6.10 Å². The summed E-state index contributed by atoms with van der Waals surface area (Å²) >= 11 is 0. The van der Waals surface area contributed by atoms with Crippen LogP contribution in [0, 0.1) is 0 Å². The van der Waals surface area contributed by atoms with E-state index in [0.29, 0.717) is 5.95 Å². The molecule has 0 bridgehead atoms. The minimum atomic E-state index is 0.260. The van der Waals surface area contributed by atoms with E-state index in [1.807, 2.05) is 0 Å². The van der Waals surface area contributed by atoms with Crippen molar-refractivity contribution in [2.75, 3.05) is 20.1 Å². The van der Waals surface area contributed by atoms with Gasteiger partial charge in [0.2, 0.25) is 0 Å². The van der Waals surface area contributed by atoms with Crippen LogP contribution in [-0.2, 0) is 12.8 Å². The molecule has 4 rings (SSSR count). The van der Waals surface area contributed by atoms with E-state index >= 15 is 0 Å². The first kappa shape index (κ1) is 12.9. The van der Waals surface area contributed by atoms with Crippen LogP contribution in [0.2, 0.25) is 0 Å². The van der Waals surface area contributed by atoms with Crippen molar-refractivity contribution >= 4 is 0 Å². The summed E-state index contributed by atoms with van der Waals surface area (Å²) in [6, 6.07) is 8.43. The van der Waals surface area contributed by atoms with Crippen molar-refractivity contribution in [2.45, 2.75) is 31.8 Å². The van der Waals surface area contributed by atoms with Crippen LogP contribution in [0.4, 0.5) is 0 Å². The lowest BCUT2D eigenvalue weighted by Crippen LogP contribution is -2.35. The number of likely N-dealkylation sites (tertiary alicyclic amines) is 1. The molecule has 4 nitrogen and oxygen atoms in total. The van der Waals surface area contributed by atoms with Crippen LogP contribution in [0.3, 0.4) is 0 Å². The van der Waals surface area contributed by atoms with Crippen molar-refractivity contribution in [1.82, 2.24) is 10.1 Å². The largest absolute Gasteiger partial charge is 0.460 e. The Morgan fingerprint density at radius 1 is 1.19 bits per heavy atom. The maximum absolute atomic E-state index is 6.10. The lowest BCUT2D eigenvalue weighted by Gasteiger charge is -2.28. The third kappa shape index (κ3) is 2.33. The van der Waals surface area contributed by atoms with Gasteiger partial charge in [-0.05, 0) is 38.3 Å². The molecule has 2 heterocycles. The van der Waals surface area contributed by atoms with Gasteiger partial charge in [-0.25, -0.2) is 0 Å². The molecule has 4 heteroatoms. The summed E-state index contributed by atoms with van der Waals surface area (Å²) in [6.45, 7) is 2.17. The number of rotatable bonds is 2. The van der Waals surface area contributed by atoms with Crippen LogP contribution < -0.4 is 4.74 Å². The van der Waals surface area contributed by atoms with Gasteiger partial charge >= 0.3 is 5.95 Å². The highest BCUT2D eigenvalue weighted by Crippen LogP contribution is 2.38. The summed E-state index contributed by atoms with van der Waals surface area (Å²) < 4.78 is 11.6. The van der Waals surface area contributed by atoms with E-state index < -0.39 is 0 Å². The molecule has 1 fully saturated rings. The SMILES string of the molecule is CN1CCC(Oc2onc3c2CCc2ccccc2-3)CC1. The van der Waals surface area contributed by atoms with Crippen LogP contribution in [0.25, 0.3) is 11.3 Å². The Kier molecular flexibility index (Phi) is 3.19. The second-order valence-electron chi connectivity index (χ2n) is 6.07. The highest BCUT2D eigenvalue weighted by molar-refractivity contribution is 5.70. The van der Waals surface area contributed by atoms with Gasteiger partial charge in [0.15, 0.2) is 0 Å². The van der Waals surface area contributed by atoms with Crippen molar-refractivity contribution in [3.63, 3.8) is 0 Å². The molecular weight excluding hydrogens is 264 g/mol. The zero-order valence-electron chi connectivity index (χ0n) is 12.3. The lowest BCUT2D eigenvalue weighted by atomic mass is 9.90. The highest BCUT2D eigenvalue weighted by Gasteiger charge is 2.27. The molecule has 0 atom stereocenters. The summed E-state index contributed by atoms with van der Waals surface area (Å²) in [4.78, 5) is 2.34. The first-order valence-corrected chi connectivity index (χ1v) is 7.73. The van der Waals surface area contributed by atoms with E-state index in [2.05, 4.69) is 41.4 Å². The fourth-order valence-corrected chi connectivity index (χ4v) is 3.30. The fraction of sp³-hybridized carbons (Fsp3) is 0.471. The molecule has 0 saturated carbocycles. The molecule has 2 aliphatic rings. The summed E-state index contributed by atoms with van der Waals surface area (Å²) in [6.07, 6.45) is 4.37. The van der Waals surface area contributed by atoms with Crippen molar-refractivity contribution < 1.29 is 9.26 Å². The fourth-order valence-electron chi connectivity index (χ4n) is 3.30. The number of piperidine rings is 1. The van der Waals surface area contributed by atoms with Crippen LogP contribution in [-0.4, -0.2) is 36.3 Å². The van der Waals surface area contributed by atoms with Gasteiger partial charge < -0.3 is 14.2 Å². The van der Waals surface area contributed by atoms with E-state index in [9.17, 15) is 0 Å². The Morgan fingerprint density at radius 3 is 2.86 bits per heavy atom. The zero-order valence-corrected chi connectivity index (χ0v) is 12.3. The Bertz CT molecular complexity index is 642. The van der Waals surface area contributed by atoms with E-state index in [1.54, 1.807) is 0 Å². The average molecular weight is 284 g/mol. The summed E-state index contributed by atoms with van der Waals surface area (Å²) in [5, 5.41) is 4.27. The maximum Gasteiger partial charge on any atom is 0.315 e. The molecule has 0 amide bonds. The van der Waals surface area contributed by atoms with Gasteiger partial charge in [-0.15, -0.1) is 0 Å². The molecule has 0 N–H and O–H groups in total. The number of hydrogen-bond acceptors (Lipinski definition) is 4. The van der Waals surface area contributed by atoms with E-state index in [1.165, 1.54) is 11.1 Å². The van der Waals surface area contributed by atoms with Crippen molar-refractivity contribution in [1.29, 1.82) is 0 Å². The Morgan fingerprint density at radius 2 is 2.00 bits per heavy atom. The topological polar surface area (TPSA) is 38.5 Å². The number of hydrogen-bond donors (Lipinski definition) is 0. The summed E-state index contributed by atoms with van der Waals surface area (Å²) in [5.74, 6) is 0.647. The normalized spacial score (nSPS) is 19.1. The van der Waals surface area contributed by atoms with Crippen LogP contribution in [0.1, 0.15) is 24.0 Å². The highest BCUT2D eigenvalue weighted by atomic mass is 16.6. The average Bonchev–Trinajstić information content (AvgIpc) is 2.93. The predicted molar refractivity (Wildman–Crippen MR) is 80.5 cm³/mol. The van der Waals surface area contributed by atoms with E-state index in [4.69, 9.17) is 9.26 Å². The van der Waals surface area contributed by atoms with Gasteiger partial charge in [0.25, 0.3) is 0 Å². The third-order valence-electron chi connectivity index (χ3n) is 4.61. The van der Waals surface area contributed by atoms with Crippen molar-refractivity contribution in [3.05, 3.63) is 35.4 Å². The van der Waals surface area contributed by atoms with E-state index in [0.717, 1.165) is 50.0 Å². The molecule has 0 radical (unpaired) electrons. The molecule has 0 unspecified atom stereocenters. The third-order valence-corrected chi connectivity index (χ3v) is 4.61. The minimum absolute atomic E-state index is 0.260. The minimum Gasteiger partial charge on any atom is -0.460 e. The molecule has 21 heavy (non-hydrogen) atoms. The maximum atomic E-state index is 6.10. The summed E-state index contributed by atoms with van der Waals surface area (Å²) in [5.41, 5.74) is 4.66.